The van der Waals surface area contributed by atoms with Gasteiger partial charge in [-0.1, -0.05) is 6.07 Å². The Morgan fingerprint density at radius 2 is 1.83 bits per heavy atom. The average Bonchev–Trinajstić information content (AvgIpc) is 2.53. The maximum Gasteiger partial charge on any atom is 0.338 e. The van der Waals surface area contributed by atoms with E-state index in [1.165, 1.54) is 37.3 Å². The summed E-state index contributed by atoms with van der Waals surface area (Å²) >= 11 is 0. The third-order valence-corrected chi connectivity index (χ3v) is 3.24. The number of nitrogens with one attached hydrogen (secondary N) is 1. The number of rotatable bonds is 5. The highest BCUT2D eigenvalue weighted by molar-refractivity contribution is 5.91. The summed E-state index contributed by atoms with van der Waals surface area (Å²) in [5.41, 5.74) is 0.299. The van der Waals surface area contributed by atoms with Crippen molar-refractivity contribution < 1.29 is 28.2 Å². The molecule has 126 valence electrons. The number of benzene rings is 2. The number of carbonyl (C=O) groups excluding carboxylic acids is 2. The smallest absolute Gasteiger partial charge is 0.338 e. The van der Waals surface area contributed by atoms with Crippen LogP contribution in [-0.4, -0.2) is 23.6 Å². The molecular formula is C17H15F2NO4. The Bertz CT molecular complexity index is 747. The van der Waals surface area contributed by atoms with E-state index in [0.29, 0.717) is 0 Å². The lowest BCUT2D eigenvalue weighted by atomic mass is 10.1. The second-order valence-corrected chi connectivity index (χ2v) is 5.08. The molecule has 0 radical (unpaired) electrons. The molecule has 0 heterocycles. The minimum atomic E-state index is -0.774. The predicted octanol–water partition coefficient (Wildman–Crippen LogP) is 2.70. The van der Waals surface area contributed by atoms with E-state index in [2.05, 4.69) is 5.32 Å². The predicted molar refractivity (Wildman–Crippen MR) is 81.3 cm³/mol. The lowest BCUT2D eigenvalue weighted by molar-refractivity contribution is -0.124. The quantitative estimate of drug-likeness (QED) is 0.824. The van der Waals surface area contributed by atoms with Gasteiger partial charge in [0.2, 0.25) is 0 Å². The highest BCUT2D eigenvalue weighted by Crippen LogP contribution is 2.17. The molecule has 0 saturated carbocycles. The zero-order valence-corrected chi connectivity index (χ0v) is 12.8. The molecule has 0 aliphatic heterocycles. The van der Waals surface area contributed by atoms with Gasteiger partial charge in [0.05, 0.1) is 11.6 Å². The molecule has 0 bridgehead atoms. The van der Waals surface area contributed by atoms with Gasteiger partial charge in [0.1, 0.15) is 17.4 Å². The van der Waals surface area contributed by atoms with Gasteiger partial charge in [-0.15, -0.1) is 0 Å². The SMILES string of the molecule is C[C@@H](NC(=O)COC(=O)c1ccc(O)cc1)c1ccc(F)cc1F. The Hall–Kier alpha value is -2.96. The van der Waals surface area contributed by atoms with Crippen LogP contribution in [0.25, 0.3) is 0 Å². The summed E-state index contributed by atoms with van der Waals surface area (Å²) in [5.74, 6) is -2.84. The van der Waals surface area contributed by atoms with Gasteiger partial charge in [0, 0.05) is 11.6 Å². The summed E-state index contributed by atoms with van der Waals surface area (Å²) in [7, 11) is 0. The molecule has 7 heteroatoms. The second kappa shape index (κ2) is 7.54. The molecule has 2 aromatic rings. The fraction of sp³-hybridized carbons (Fsp3) is 0.176. The van der Waals surface area contributed by atoms with Crippen LogP contribution in [0.15, 0.2) is 42.5 Å². The lowest BCUT2D eigenvalue weighted by Crippen LogP contribution is -2.31. The molecule has 0 saturated heterocycles. The first-order valence-electron chi connectivity index (χ1n) is 7.07. The maximum atomic E-state index is 13.6. The Morgan fingerprint density at radius 1 is 1.17 bits per heavy atom. The number of phenolic OH excluding ortho intramolecular Hbond substituents is 1. The molecule has 24 heavy (non-hydrogen) atoms. The number of hydrogen-bond acceptors (Lipinski definition) is 4. The zero-order valence-electron chi connectivity index (χ0n) is 12.8. The summed E-state index contributed by atoms with van der Waals surface area (Å²) < 4.78 is 31.3. The monoisotopic (exact) mass is 335 g/mol. The van der Waals surface area contributed by atoms with Crippen LogP contribution in [0.5, 0.6) is 5.75 Å². The van der Waals surface area contributed by atoms with Gasteiger partial charge >= 0.3 is 5.97 Å². The van der Waals surface area contributed by atoms with E-state index in [9.17, 15) is 18.4 Å². The topological polar surface area (TPSA) is 75.6 Å². The summed E-state index contributed by atoms with van der Waals surface area (Å²) in [4.78, 5) is 23.5. The Morgan fingerprint density at radius 3 is 2.46 bits per heavy atom. The Kier molecular flexibility index (Phi) is 5.47. The van der Waals surface area contributed by atoms with Crippen LogP contribution >= 0.6 is 0 Å². The van der Waals surface area contributed by atoms with Gasteiger partial charge in [-0.3, -0.25) is 4.79 Å². The molecule has 0 aliphatic carbocycles. The van der Waals surface area contributed by atoms with E-state index >= 15 is 0 Å². The number of ether oxygens (including phenoxy) is 1. The highest BCUT2D eigenvalue weighted by atomic mass is 19.1. The van der Waals surface area contributed by atoms with Crippen LogP contribution in [0.1, 0.15) is 28.9 Å². The van der Waals surface area contributed by atoms with E-state index in [-0.39, 0.29) is 16.9 Å². The molecule has 2 rings (SSSR count). The number of hydrogen-bond donors (Lipinski definition) is 2. The minimum absolute atomic E-state index is 0.000516. The molecule has 0 fully saturated rings. The Balaban J connectivity index is 1.88. The average molecular weight is 335 g/mol. The first-order valence-corrected chi connectivity index (χ1v) is 7.07. The molecule has 2 aromatic carbocycles. The van der Waals surface area contributed by atoms with E-state index < -0.39 is 36.2 Å². The van der Waals surface area contributed by atoms with Crippen molar-refractivity contribution in [3.8, 4) is 5.75 Å². The molecule has 0 spiro atoms. The van der Waals surface area contributed by atoms with Gasteiger partial charge in [-0.25, -0.2) is 13.6 Å². The van der Waals surface area contributed by atoms with E-state index in [0.717, 1.165) is 12.1 Å². The highest BCUT2D eigenvalue weighted by Gasteiger charge is 2.16. The van der Waals surface area contributed by atoms with Crippen LogP contribution in [-0.2, 0) is 9.53 Å². The molecule has 2 N–H and O–H groups in total. The first-order chi connectivity index (χ1) is 11.4. The summed E-state index contributed by atoms with van der Waals surface area (Å²) in [6.07, 6.45) is 0. The van der Waals surface area contributed by atoms with Crippen LogP contribution < -0.4 is 5.32 Å². The second-order valence-electron chi connectivity index (χ2n) is 5.08. The Labute approximate surface area is 136 Å². The van der Waals surface area contributed by atoms with Crippen LogP contribution in [0.2, 0.25) is 0 Å². The van der Waals surface area contributed by atoms with Gasteiger partial charge < -0.3 is 15.2 Å². The number of halogens is 2. The van der Waals surface area contributed by atoms with Gasteiger partial charge in [-0.2, -0.15) is 0 Å². The zero-order chi connectivity index (χ0) is 17.7. The minimum Gasteiger partial charge on any atom is -0.508 e. The number of amides is 1. The van der Waals surface area contributed by atoms with Crippen molar-refractivity contribution in [2.24, 2.45) is 0 Å². The van der Waals surface area contributed by atoms with E-state index in [4.69, 9.17) is 9.84 Å². The largest absolute Gasteiger partial charge is 0.508 e. The molecule has 0 unspecified atom stereocenters. The summed E-state index contributed by atoms with van der Waals surface area (Å²) in [6, 6.07) is 7.67. The van der Waals surface area contributed by atoms with Crippen molar-refractivity contribution in [2.75, 3.05) is 6.61 Å². The van der Waals surface area contributed by atoms with Crippen molar-refractivity contribution in [3.05, 3.63) is 65.2 Å². The number of aromatic hydroxyl groups is 1. The summed E-state index contributed by atoms with van der Waals surface area (Å²) in [6.45, 7) is 0.975. The van der Waals surface area contributed by atoms with Crippen molar-refractivity contribution >= 4 is 11.9 Å². The number of phenols is 1. The fourth-order valence-corrected chi connectivity index (χ4v) is 2.03. The van der Waals surface area contributed by atoms with Crippen molar-refractivity contribution in [1.29, 1.82) is 0 Å². The van der Waals surface area contributed by atoms with Crippen molar-refractivity contribution in [3.63, 3.8) is 0 Å². The van der Waals surface area contributed by atoms with Crippen molar-refractivity contribution in [2.45, 2.75) is 13.0 Å². The van der Waals surface area contributed by atoms with Gasteiger partial charge in [0.15, 0.2) is 6.61 Å². The molecule has 1 atom stereocenters. The molecular weight excluding hydrogens is 320 g/mol. The number of esters is 1. The lowest BCUT2D eigenvalue weighted by Gasteiger charge is -2.15. The van der Waals surface area contributed by atoms with Gasteiger partial charge in [0.25, 0.3) is 5.91 Å². The third kappa shape index (κ3) is 4.52. The van der Waals surface area contributed by atoms with E-state index in [1.54, 1.807) is 0 Å². The molecule has 5 nitrogen and oxygen atoms in total. The third-order valence-electron chi connectivity index (χ3n) is 3.24. The molecule has 0 aromatic heterocycles. The molecule has 1 amide bonds. The first kappa shape index (κ1) is 17.4. The van der Waals surface area contributed by atoms with Crippen LogP contribution in [0, 0.1) is 11.6 Å². The van der Waals surface area contributed by atoms with Crippen LogP contribution in [0.4, 0.5) is 8.78 Å². The fourth-order valence-electron chi connectivity index (χ4n) is 2.03. The van der Waals surface area contributed by atoms with Gasteiger partial charge in [-0.05, 0) is 37.3 Å². The van der Waals surface area contributed by atoms with E-state index in [1.807, 2.05) is 0 Å². The normalized spacial score (nSPS) is 11.6. The standard InChI is InChI=1S/C17H15F2NO4/c1-10(14-7-4-12(18)8-15(14)19)20-16(22)9-24-17(23)11-2-5-13(21)6-3-11/h2-8,10,21H,9H2,1H3,(H,20,22)/t10-/m1/s1. The van der Waals surface area contributed by atoms with Crippen molar-refractivity contribution in [1.82, 2.24) is 5.32 Å². The number of carbonyl (C=O) groups is 2. The van der Waals surface area contributed by atoms with Crippen LogP contribution in [0.3, 0.4) is 0 Å². The molecule has 0 aliphatic rings. The summed E-state index contributed by atoms with van der Waals surface area (Å²) in [5, 5.41) is 11.6. The maximum absolute atomic E-state index is 13.6.